The van der Waals surface area contributed by atoms with Crippen LogP contribution in [-0.2, 0) is 14.3 Å². The molecule has 0 aromatic rings. The molecule has 0 unspecified atom stereocenters. The number of hydrogen-bond acceptors (Lipinski definition) is 3. The molecule has 1 rings (SSSR count). The van der Waals surface area contributed by atoms with E-state index < -0.39 is 0 Å². The van der Waals surface area contributed by atoms with Crippen LogP contribution < -0.4 is 5.32 Å². The molecular weight excluding hydrogens is 256 g/mol. The van der Waals surface area contributed by atoms with Gasteiger partial charge in [-0.3, -0.25) is 9.59 Å². The molecular formula is C15H28N2O3. The lowest BCUT2D eigenvalue weighted by atomic mass is 9.95. The van der Waals surface area contributed by atoms with E-state index in [0.717, 1.165) is 19.3 Å². The van der Waals surface area contributed by atoms with Gasteiger partial charge in [0.05, 0.1) is 12.7 Å². The Balaban J connectivity index is 2.20. The third kappa shape index (κ3) is 5.90. The second-order valence-corrected chi connectivity index (χ2v) is 5.62. The third-order valence-electron chi connectivity index (χ3n) is 3.53. The average molecular weight is 284 g/mol. The minimum Gasteiger partial charge on any atom is -0.377 e. The zero-order chi connectivity index (χ0) is 15.0. The zero-order valence-electron chi connectivity index (χ0n) is 13.0. The maximum absolute atomic E-state index is 12.0. The molecule has 5 heteroatoms. The minimum absolute atomic E-state index is 0.0414. The molecule has 0 aromatic heterocycles. The second-order valence-electron chi connectivity index (χ2n) is 5.62. The molecule has 2 amide bonds. The SMILES string of the molecule is CCCC(=O)N1CCC(C(=O)NCCOC(C)C)CC1. The van der Waals surface area contributed by atoms with Gasteiger partial charge < -0.3 is 15.0 Å². The Morgan fingerprint density at radius 3 is 2.50 bits per heavy atom. The van der Waals surface area contributed by atoms with Crippen molar-refractivity contribution in [2.75, 3.05) is 26.2 Å². The molecule has 20 heavy (non-hydrogen) atoms. The van der Waals surface area contributed by atoms with Crippen molar-refractivity contribution in [1.29, 1.82) is 0 Å². The van der Waals surface area contributed by atoms with Crippen molar-refractivity contribution in [1.82, 2.24) is 10.2 Å². The molecule has 0 atom stereocenters. The molecule has 1 aliphatic rings. The van der Waals surface area contributed by atoms with E-state index in [1.54, 1.807) is 0 Å². The maximum Gasteiger partial charge on any atom is 0.223 e. The summed E-state index contributed by atoms with van der Waals surface area (Å²) in [4.78, 5) is 25.6. The van der Waals surface area contributed by atoms with Crippen LogP contribution in [0, 0.1) is 5.92 Å². The predicted molar refractivity (Wildman–Crippen MR) is 78.3 cm³/mol. The number of amides is 2. The minimum atomic E-state index is 0.0414. The van der Waals surface area contributed by atoms with Gasteiger partial charge in [0.25, 0.3) is 0 Å². The van der Waals surface area contributed by atoms with Gasteiger partial charge in [0.2, 0.25) is 11.8 Å². The van der Waals surface area contributed by atoms with E-state index in [4.69, 9.17) is 4.74 Å². The highest BCUT2D eigenvalue weighted by Gasteiger charge is 2.26. The highest BCUT2D eigenvalue weighted by atomic mass is 16.5. The van der Waals surface area contributed by atoms with E-state index in [9.17, 15) is 9.59 Å². The quantitative estimate of drug-likeness (QED) is 0.722. The topological polar surface area (TPSA) is 58.6 Å². The van der Waals surface area contributed by atoms with Crippen LogP contribution in [0.1, 0.15) is 46.5 Å². The normalized spacial score (nSPS) is 16.5. The van der Waals surface area contributed by atoms with Gasteiger partial charge in [-0.05, 0) is 33.1 Å². The summed E-state index contributed by atoms with van der Waals surface area (Å²) < 4.78 is 5.39. The highest BCUT2D eigenvalue weighted by molar-refractivity contribution is 5.80. The van der Waals surface area contributed by atoms with Crippen LogP contribution in [0.5, 0.6) is 0 Å². The number of carbonyl (C=O) groups excluding carboxylic acids is 2. The molecule has 0 radical (unpaired) electrons. The Morgan fingerprint density at radius 1 is 1.30 bits per heavy atom. The molecule has 1 fully saturated rings. The number of piperidine rings is 1. The van der Waals surface area contributed by atoms with Crippen molar-refractivity contribution in [2.24, 2.45) is 5.92 Å². The standard InChI is InChI=1S/C15H28N2O3/c1-4-5-14(18)17-9-6-13(7-10-17)15(19)16-8-11-20-12(2)3/h12-13H,4-11H2,1-3H3,(H,16,19). The molecule has 0 spiro atoms. The number of ether oxygens (including phenoxy) is 1. The Hall–Kier alpha value is -1.10. The second kappa shape index (κ2) is 8.95. The van der Waals surface area contributed by atoms with Crippen molar-refractivity contribution in [2.45, 2.75) is 52.6 Å². The molecule has 1 N–H and O–H groups in total. The summed E-state index contributed by atoms with van der Waals surface area (Å²) in [6.07, 6.45) is 3.23. The van der Waals surface area contributed by atoms with Crippen molar-refractivity contribution in [3.8, 4) is 0 Å². The van der Waals surface area contributed by atoms with Crippen LogP contribution in [0.15, 0.2) is 0 Å². The summed E-state index contributed by atoms with van der Waals surface area (Å²) in [5.74, 6) is 0.358. The van der Waals surface area contributed by atoms with Gasteiger partial charge in [-0.25, -0.2) is 0 Å². The van der Waals surface area contributed by atoms with E-state index in [1.165, 1.54) is 0 Å². The van der Waals surface area contributed by atoms with E-state index in [0.29, 0.717) is 32.7 Å². The summed E-state index contributed by atoms with van der Waals surface area (Å²) in [6, 6.07) is 0. The van der Waals surface area contributed by atoms with Crippen molar-refractivity contribution >= 4 is 11.8 Å². The van der Waals surface area contributed by atoms with Crippen molar-refractivity contribution < 1.29 is 14.3 Å². The number of nitrogens with zero attached hydrogens (tertiary/aromatic N) is 1. The number of carbonyl (C=O) groups is 2. The molecule has 1 aliphatic heterocycles. The van der Waals surface area contributed by atoms with Gasteiger partial charge >= 0.3 is 0 Å². The fourth-order valence-corrected chi connectivity index (χ4v) is 2.38. The first kappa shape index (κ1) is 17.0. The first-order chi connectivity index (χ1) is 9.54. The molecule has 0 bridgehead atoms. The van der Waals surface area contributed by atoms with E-state index >= 15 is 0 Å². The van der Waals surface area contributed by atoms with Crippen LogP contribution >= 0.6 is 0 Å². The lowest BCUT2D eigenvalue weighted by molar-refractivity contribution is -0.135. The van der Waals surface area contributed by atoms with Crippen LogP contribution in [0.3, 0.4) is 0 Å². The predicted octanol–water partition coefficient (Wildman–Crippen LogP) is 1.57. The van der Waals surface area contributed by atoms with Crippen molar-refractivity contribution in [3.05, 3.63) is 0 Å². The van der Waals surface area contributed by atoms with Gasteiger partial charge in [0, 0.05) is 32.0 Å². The van der Waals surface area contributed by atoms with Crippen LogP contribution in [0.25, 0.3) is 0 Å². The third-order valence-corrected chi connectivity index (χ3v) is 3.53. The molecule has 1 saturated heterocycles. The van der Waals surface area contributed by atoms with Crippen LogP contribution in [-0.4, -0.2) is 49.1 Å². The van der Waals surface area contributed by atoms with E-state index in [2.05, 4.69) is 5.32 Å². The monoisotopic (exact) mass is 284 g/mol. The van der Waals surface area contributed by atoms with Crippen LogP contribution in [0.2, 0.25) is 0 Å². The van der Waals surface area contributed by atoms with E-state index in [1.807, 2.05) is 25.7 Å². The highest BCUT2D eigenvalue weighted by Crippen LogP contribution is 2.18. The summed E-state index contributed by atoms with van der Waals surface area (Å²) >= 11 is 0. The fourth-order valence-electron chi connectivity index (χ4n) is 2.38. The molecule has 116 valence electrons. The van der Waals surface area contributed by atoms with Crippen molar-refractivity contribution in [3.63, 3.8) is 0 Å². The van der Waals surface area contributed by atoms with E-state index in [-0.39, 0.29) is 23.8 Å². The van der Waals surface area contributed by atoms with Gasteiger partial charge in [-0.15, -0.1) is 0 Å². The zero-order valence-corrected chi connectivity index (χ0v) is 13.0. The first-order valence-corrected chi connectivity index (χ1v) is 7.71. The largest absolute Gasteiger partial charge is 0.377 e. The molecule has 5 nitrogen and oxygen atoms in total. The molecule has 0 saturated carbocycles. The summed E-state index contributed by atoms with van der Waals surface area (Å²) in [5.41, 5.74) is 0. The van der Waals surface area contributed by atoms with Crippen LogP contribution in [0.4, 0.5) is 0 Å². The molecule has 1 heterocycles. The Labute approximate surface area is 122 Å². The Kier molecular flexibility index (Phi) is 7.59. The molecule has 0 aromatic carbocycles. The Bertz CT molecular complexity index is 310. The van der Waals surface area contributed by atoms with Gasteiger partial charge in [-0.1, -0.05) is 6.92 Å². The van der Waals surface area contributed by atoms with Gasteiger partial charge in [-0.2, -0.15) is 0 Å². The number of likely N-dealkylation sites (tertiary alicyclic amines) is 1. The summed E-state index contributed by atoms with van der Waals surface area (Å²) in [6.45, 7) is 8.50. The van der Waals surface area contributed by atoms with Gasteiger partial charge in [0.15, 0.2) is 0 Å². The Morgan fingerprint density at radius 2 is 1.95 bits per heavy atom. The lowest BCUT2D eigenvalue weighted by Gasteiger charge is -2.31. The first-order valence-electron chi connectivity index (χ1n) is 7.71. The number of rotatable bonds is 7. The van der Waals surface area contributed by atoms with Gasteiger partial charge in [0.1, 0.15) is 0 Å². The number of nitrogens with one attached hydrogen (secondary N) is 1. The summed E-state index contributed by atoms with van der Waals surface area (Å²) in [5, 5.41) is 2.91. The summed E-state index contributed by atoms with van der Waals surface area (Å²) in [7, 11) is 0. The lowest BCUT2D eigenvalue weighted by Crippen LogP contribution is -2.43. The average Bonchev–Trinajstić information content (AvgIpc) is 2.43. The fraction of sp³-hybridized carbons (Fsp3) is 0.867. The molecule has 0 aliphatic carbocycles. The smallest absolute Gasteiger partial charge is 0.223 e. The maximum atomic E-state index is 12.0. The number of hydrogen-bond donors (Lipinski definition) is 1.